The lowest BCUT2D eigenvalue weighted by molar-refractivity contribution is 0.0360. The molecule has 124 valence electrons. The molecule has 1 aromatic heterocycles. The molecule has 0 unspecified atom stereocenters. The van der Waals surface area contributed by atoms with Crippen molar-refractivity contribution in [3.05, 3.63) is 48.5 Å². The van der Waals surface area contributed by atoms with Gasteiger partial charge in [-0.15, -0.1) is 0 Å². The van der Waals surface area contributed by atoms with Gasteiger partial charge in [-0.25, -0.2) is 4.68 Å². The molecule has 2 N–H and O–H groups in total. The number of fused-ring (bicyclic) bond motifs is 1. The first-order valence-corrected chi connectivity index (χ1v) is 8.42. The maximum atomic E-state index is 6.16. The highest BCUT2D eigenvalue weighted by Crippen LogP contribution is 2.25. The predicted molar refractivity (Wildman–Crippen MR) is 96.8 cm³/mol. The highest BCUT2D eigenvalue weighted by Gasteiger charge is 2.12. The zero-order valence-electron chi connectivity index (χ0n) is 13.7. The van der Waals surface area contributed by atoms with E-state index < -0.39 is 0 Å². The van der Waals surface area contributed by atoms with Gasteiger partial charge in [0, 0.05) is 31.3 Å². The third kappa shape index (κ3) is 3.13. The molecule has 1 aliphatic heterocycles. The second-order valence-electron chi connectivity index (χ2n) is 6.19. The Bertz CT molecular complexity index is 836. The lowest BCUT2D eigenvalue weighted by Gasteiger charge is -2.26. The van der Waals surface area contributed by atoms with Gasteiger partial charge in [-0.2, -0.15) is 5.10 Å². The van der Waals surface area contributed by atoms with Crippen molar-refractivity contribution in [3.63, 3.8) is 0 Å². The number of nitrogens with two attached hydrogens (primary N) is 1. The molecule has 24 heavy (non-hydrogen) atoms. The zero-order chi connectivity index (χ0) is 16.4. The second kappa shape index (κ2) is 6.63. The molecule has 0 aliphatic carbocycles. The molecule has 4 rings (SSSR count). The van der Waals surface area contributed by atoms with E-state index in [-0.39, 0.29) is 0 Å². The number of hydrogen-bond donors (Lipinski definition) is 1. The van der Waals surface area contributed by atoms with E-state index in [1.807, 2.05) is 10.7 Å². The monoisotopic (exact) mass is 322 g/mol. The summed E-state index contributed by atoms with van der Waals surface area (Å²) in [5.74, 6) is 0.714. The average Bonchev–Trinajstić information content (AvgIpc) is 3.01. The van der Waals surface area contributed by atoms with Crippen LogP contribution in [-0.2, 0) is 11.3 Å². The molecule has 0 atom stereocenters. The molecule has 1 saturated heterocycles. The van der Waals surface area contributed by atoms with Crippen molar-refractivity contribution >= 4 is 16.6 Å². The van der Waals surface area contributed by atoms with E-state index in [1.54, 1.807) is 0 Å². The minimum Gasteiger partial charge on any atom is -0.384 e. The summed E-state index contributed by atoms with van der Waals surface area (Å²) in [6.07, 6.45) is 0. The predicted octanol–water partition coefficient (Wildman–Crippen LogP) is 2.62. The van der Waals surface area contributed by atoms with Crippen molar-refractivity contribution < 1.29 is 4.74 Å². The van der Waals surface area contributed by atoms with Gasteiger partial charge >= 0.3 is 0 Å². The number of hydrogen-bond acceptors (Lipinski definition) is 4. The minimum atomic E-state index is 0.714. The van der Waals surface area contributed by atoms with Crippen LogP contribution < -0.4 is 5.73 Å². The Morgan fingerprint density at radius 1 is 0.958 bits per heavy atom. The molecule has 0 radical (unpaired) electrons. The van der Waals surface area contributed by atoms with Gasteiger partial charge in [0.1, 0.15) is 5.82 Å². The largest absolute Gasteiger partial charge is 0.384 e. The molecule has 3 aromatic rings. The summed E-state index contributed by atoms with van der Waals surface area (Å²) < 4.78 is 7.29. The molecule has 0 amide bonds. The van der Waals surface area contributed by atoms with Gasteiger partial charge < -0.3 is 10.5 Å². The second-order valence-corrected chi connectivity index (χ2v) is 6.19. The molecular formula is C19H22N4O. The van der Waals surface area contributed by atoms with Gasteiger partial charge in [0.15, 0.2) is 0 Å². The molecule has 1 fully saturated rings. The molecule has 0 bridgehead atoms. The minimum absolute atomic E-state index is 0.714. The molecule has 5 nitrogen and oxygen atoms in total. The third-order valence-corrected chi connectivity index (χ3v) is 4.59. The third-order valence-electron chi connectivity index (χ3n) is 4.59. The summed E-state index contributed by atoms with van der Waals surface area (Å²) in [7, 11) is 0. The number of ether oxygens (including phenoxy) is 1. The Hall–Kier alpha value is -2.37. The van der Waals surface area contributed by atoms with Gasteiger partial charge in [-0.3, -0.25) is 4.90 Å². The topological polar surface area (TPSA) is 56.3 Å². The number of rotatable bonds is 4. The number of benzene rings is 2. The number of nitrogen functional groups attached to an aromatic ring is 1. The maximum Gasteiger partial charge on any atom is 0.122 e. The molecule has 0 saturated carbocycles. The molecule has 2 aromatic carbocycles. The van der Waals surface area contributed by atoms with E-state index >= 15 is 0 Å². The van der Waals surface area contributed by atoms with Crippen LogP contribution in [0.15, 0.2) is 48.5 Å². The standard InChI is InChI=1S/C19H22N4O/c20-19-14-18(17-6-5-15-3-1-2-4-16(15)13-17)21-23(19)8-7-22-9-11-24-12-10-22/h1-6,13-14H,7-12,20H2. The first-order valence-electron chi connectivity index (χ1n) is 8.42. The number of morpholine rings is 1. The van der Waals surface area contributed by atoms with E-state index in [9.17, 15) is 0 Å². The van der Waals surface area contributed by atoms with Crippen LogP contribution in [0.3, 0.4) is 0 Å². The number of nitrogens with zero attached hydrogens (tertiary/aromatic N) is 3. The van der Waals surface area contributed by atoms with Crippen LogP contribution >= 0.6 is 0 Å². The highest BCUT2D eigenvalue weighted by molar-refractivity contribution is 5.86. The Morgan fingerprint density at radius 2 is 1.75 bits per heavy atom. The van der Waals surface area contributed by atoms with Crippen LogP contribution in [0.5, 0.6) is 0 Å². The van der Waals surface area contributed by atoms with E-state index in [0.29, 0.717) is 5.82 Å². The summed E-state index contributed by atoms with van der Waals surface area (Å²) in [6.45, 7) is 5.36. The molecule has 1 aliphatic rings. The van der Waals surface area contributed by atoms with Crippen LogP contribution in [0.25, 0.3) is 22.0 Å². The van der Waals surface area contributed by atoms with Crippen molar-refractivity contribution in [1.82, 2.24) is 14.7 Å². The Labute approximate surface area is 141 Å². The normalized spacial score (nSPS) is 15.8. The van der Waals surface area contributed by atoms with Crippen molar-refractivity contribution in [2.45, 2.75) is 6.54 Å². The average molecular weight is 322 g/mol. The van der Waals surface area contributed by atoms with Crippen LogP contribution in [0.2, 0.25) is 0 Å². The SMILES string of the molecule is Nc1cc(-c2ccc3ccccc3c2)nn1CCN1CCOCC1. The summed E-state index contributed by atoms with van der Waals surface area (Å²) >= 11 is 0. The van der Waals surface area contributed by atoms with Crippen LogP contribution in [0.4, 0.5) is 5.82 Å². The summed E-state index contributed by atoms with van der Waals surface area (Å²) in [4.78, 5) is 2.39. The van der Waals surface area contributed by atoms with Crippen molar-refractivity contribution in [2.75, 3.05) is 38.6 Å². The number of anilines is 1. The van der Waals surface area contributed by atoms with Crippen molar-refractivity contribution in [2.24, 2.45) is 0 Å². The molecule has 2 heterocycles. The number of aromatic nitrogens is 2. The van der Waals surface area contributed by atoms with Crippen molar-refractivity contribution in [1.29, 1.82) is 0 Å². The molecule has 5 heteroatoms. The van der Waals surface area contributed by atoms with Crippen LogP contribution in [0, 0.1) is 0 Å². The zero-order valence-corrected chi connectivity index (χ0v) is 13.7. The van der Waals surface area contributed by atoms with Gasteiger partial charge in [-0.05, 0) is 16.8 Å². The van der Waals surface area contributed by atoms with Crippen molar-refractivity contribution in [3.8, 4) is 11.3 Å². The van der Waals surface area contributed by atoms with Crippen LogP contribution in [0.1, 0.15) is 0 Å². The lowest BCUT2D eigenvalue weighted by Crippen LogP contribution is -2.38. The molecular weight excluding hydrogens is 300 g/mol. The van der Waals surface area contributed by atoms with Gasteiger partial charge in [0.05, 0.1) is 25.5 Å². The maximum absolute atomic E-state index is 6.16. The smallest absolute Gasteiger partial charge is 0.122 e. The van der Waals surface area contributed by atoms with E-state index in [1.165, 1.54) is 10.8 Å². The Morgan fingerprint density at radius 3 is 2.58 bits per heavy atom. The lowest BCUT2D eigenvalue weighted by atomic mass is 10.1. The fourth-order valence-electron chi connectivity index (χ4n) is 3.16. The van der Waals surface area contributed by atoms with E-state index in [2.05, 4.69) is 47.4 Å². The fourth-order valence-corrected chi connectivity index (χ4v) is 3.16. The van der Waals surface area contributed by atoms with Gasteiger partial charge in [0.25, 0.3) is 0 Å². The van der Waals surface area contributed by atoms with Gasteiger partial charge in [-0.1, -0.05) is 36.4 Å². The highest BCUT2D eigenvalue weighted by atomic mass is 16.5. The summed E-state index contributed by atoms with van der Waals surface area (Å²) in [6, 6.07) is 16.7. The fraction of sp³-hybridized carbons (Fsp3) is 0.316. The summed E-state index contributed by atoms with van der Waals surface area (Å²) in [5, 5.41) is 7.16. The van der Waals surface area contributed by atoms with E-state index in [4.69, 9.17) is 15.6 Å². The first kappa shape index (κ1) is 15.2. The Balaban J connectivity index is 1.53. The Kier molecular flexibility index (Phi) is 4.19. The quantitative estimate of drug-likeness (QED) is 0.802. The van der Waals surface area contributed by atoms with Gasteiger partial charge in [0.2, 0.25) is 0 Å². The summed E-state index contributed by atoms with van der Waals surface area (Å²) in [5.41, 5.74) is 8.20. The first-order chi connectivity index (χ1) is 11.8. The van der Waals surface area contributed by atoms with E-state index in [0.717, 1.165) is 50.7 Å². The van der Waals surface area contributed by atoms with Crippen LogP contribution in [-0.4, -0.2) is 47.5 Å². The molecule has 0 spiro atoms.